The lowest BCUT2D eigenvalue weighted by Crippen LogP contribution is -2.45. The van der Waals surface area contributed by atoms with Gasteiger partial charge in [-0.1, -0.05) is 13.8 Å². The molecule has 106 valence electrons. The number of nitrogens with zero attached hydrogens (tertiary/aromatic N) is 3. The SMILES string of the molecule is CCc1cc(NCC2CN(CC)CCO2)nc(C)n1. The Labute approximate surface area is 115 Å². The van der Waals surface area contributed by atoms with Gasteiger partial charge < -0.3 is 10.1 Å². The first-order valence-electron chi connectivity index (χ1n) is 7.13. The summed E-state index contributed by atoms with van der Waals surface area (Å²) in [6.45, 7) is 11.0. The molecule has 0 radical (unpaired) electrons. The van der Waals surface area contributed by atoms with Gasteiger partial charge >= 0.3 is 0 Å². The molecular formula is C14H24N4O. The van der Waals surface area contributed by atoms with Crippen LogP contribution in [0.5, 0.6) is 0 Å². The van der Waals surface area contributed by atoms with Gasteiger partial charge in [0.25, 0.3) is 0 Å². The van der Waals surface area contributed by atoms with Gasteiger partial charge in [0.2, 0.25) is 0 Å². The molecule has 0 aliphatic carbocycles. The second kappa shape index (κ2) is 6.82. The second-order valence-electron chi connectivity index (χ2n) is 4.91. The van der Waals surface area contributed by atoms with E-state index in [-0.39, 0.29) is 6.10 Å². The fraction of sp³-hybridized carbons (Fsp3) is 0.714. The fourth-order valence-electron chi connectivity index (χ4n) is 2.31. The molecule has 0 spiro atoms. The van der Waals surface area contributed by atoms with E-state index in [2.05, 4.69) is 34.0 Å². The van der Waals surface area contributed by atoms with Gasteiger partial charge in [-0.3, -0.25) is 4.90 Å². The van der Waals surface area contributed by atoms with Crippen LogP contribution in [0.2, 0.25) is 0 Å². The molecule has 0 aromatic carbocycles. The molecule has 2 rings (SSSR count). The van der Waals surface area contributed by atoms with Gasteiger partial charge in [0, 0.05) is 31.4 Å². The van der Waals surface area contributed by atoms with E-state index in [1.807, 2.05) is 13.0 Å². The van der Waals surface area contributed by atoms with Crippen LogP contribution >= 0.6 is 0 Å². The third kappa shape index (κ3) is 4.14. The third-order valence-corrected chi connectivity index (χ3v) is 3.43. The number of likely N-dealkylation sites (N-methyl/N-ethyl adjacent to an activating group) is 1. The number of nitrogens with one attached hydrogen (secondary N) is 1. The first-order valence-corrected chi connectivity index (χ1v) is 7.13. The molecule has 1 atom stereocenters. The van der Waals surface area contributed by atoms with Crippen molar-refractivity contribution in [3.05, 3.63) is 17.6 Å². The smallest absolute Gasteiger partial charge is 0.130 e. The zero-order valence-electron chi connectivity index (χ0n) is 12.1. The van der Waals surface area contributed by atoms with Gasteiger partial charge in [-0.15, -0.1) is 0 Å². The first kappa shape index (κ1) is 14.2. The van der Waals surface area contributed by atoms with Crippen LogP contribution in [0, 0.1) is 6.92 Å². The lowest BCUT2D eigenvalue weighted by atomic mass is 10.2. The zero-order valence-corrected chi connectivity index (χ0v) is 12.1. The molecule has 1 saturated heterocycles. The lowest BCUT2D eigenvalue weighted by Gasteiger charge is -2.32. The first-order chi connectivity index (χ1) is 9.21. The van der Waals surface area contributed by atoms with Crippen LogP contribution in [0.25, 0.3) is 0 Å². The van der Waals surface area contributed by atoms with E-state index in [4.69, 9.17) is 4.74 Å². The maximum atomic E-state index is 5.77. The number of aromatic nitrogens is 2. The standard InChI is InChI=1S/C14H24N4O/c1-4-12-8-14(17-11(3)16-12)15-9-13-10-18(5-2)6-7-19-13/h8,13H,4-7,9-10H2,1-3H3,(H,15,16,17). The molecule has 1 aromatic heterocycles. The summed E-state index contributed by atoms with van der Waals surface area (Å²) >= 11 is 0. The van der Waals surface area contributed by atoms with Crippen LogP contribution in [0.4, 0.5) is 5.82 Å². The third-order valence-electron chi connectivity index (χ3n) is 3.43. The van der Waals surface area contributed by atoms with Crippen molar-refractivity contribution in [2.24, 2.45) is 0 Å². The van der Waals surface area contributed by atoms with Crippen molar-refractivity contribution in [3.8, 4) is 0 Å². The lowest BCUT2D eigenvalue weighted by molar-refractivity contribution is -0.0192. The highest BCUT2D eigenvalue weighted by molar-refractivity contribution is 5.36. The number of aryl methyl sites for hydroxylation is 2. The summed E-state index contributed by atoms with van der Waals surface area (Å²) in [5.74, 6) is 1.73. The van der Waals surface area contributed by atoms with Gasteiger partial charge in [0.1, 0.15) is 11.6 Å². The Morgan fingerprint density at radius 3 is 3.00 bits per heavy atom. The van der Waals surface area contributed by atoms with E-state index in [1.165, 1.54) is 0 Å². The fourth-order valence-corrected chi connectivity index (χ4v) is 2.31. The molecule has 1 fully saturated rings. The van der Waals surface area contributed by atoms with Crippen molar-refractivity contribution < 1.29 is 4.74 Å². The van der Waals surface area contributed by atoms with Gasteiger partial charge in [-0.2, -0.15) is 0 Å². The van der Waals surface area contributed by atoms with Crippen LogP contribution < -0.4 is 5.32 Å². The normalized spacial score (nSPS) is 20.5. The van der Waals surface area contributed by atoms with Crippen molar-refractivity contribution in [2.45, 2.75) is 33.3 Å². The monoisotopic (exact) mass is 264 g/mol. The van der Waals surface area contributed by atoms with Crippen molar-refractivity contribution >= 4 is 5.82 Å². The molecule has 1 unspecified atom stereocenters. The van der Waals surface area contributed by atoms with E-state index < -0.39 is 0 Å². The summed E-state index contributed by atoms with van der Waals surface area (Å²) in [7, 11) is 0. The molecule has 1 aliphatic heterocycles. The summed E-state index contributed by atoms with van der Waals surface area (Å²) in [6.07, 6.45) is 1.18. The molecule has 19 heavy (non-hydrogen) atoms. The van der Waals surface area contributed by atoms with Crippen LogP contribution in [0.15, 0.2) is 6.07 Å². The predicted molar refractivity (Wildman–Crippen MR) is 76.5 cm³/mol. The Bertz CT molecular complexity index is 410. The van der Waals surface area contributed by atoms with E-state index >= 15 is 0 Å². The van der Waals surface area contributed by atoms with Crippen LogP contribution in [-0.4, -0.2) is 53.8 Å². The van der Waals surface area contributed by atoms with Crippen molar-refractivity contribution in [1.29, 1.82) is 0 Å². The minimum atomic E-state index is 0.244. The van der Waals surface area contributed by atoms with Crippen LogP contribution in [-0.2, 0) is 11.2 Å². The largest absolute Gasteiger partial charge is 0.374 e. The highest BCUT2D eigenvalue weighted by Gasteiger charge is 2.19. The summed E-state index contributed by atoms with van der Waals surface area (Å²) in [5.41, 5.74) is 1.08. The Hall–Kier alpha value is -1.20. The van der Waals surface area contributed by atoms with Crippen molar-refractivity contribution in [2.75, 3.05) is 38.1 Å². The molecule has 1 N–H and O–H groups in total. The molecule has 0 saturated carbocycles. The maximum absolute atomic E-state index is 5.77. The quantitative estimate of drug-likeness (QED) is 0.873. The van der Waals surface area contributed by atoms with Gasteiger partial charge in [-0.25, -0.2) is 9.97 Å². The number of rotatable bonds is 5. The highest BCUT2D eigenvalue weighted by Crippen LogP contribution is 2.09. The molecule has 5 nitrogen and oxygen atoms in total. The topological polar surface area (TPSA) is 50.3 Å². The van der Waals surface area contributed by atoms with E-state index in [0.717, 1.165) is 56.5 Å². The minimum Gasteiger partial charge on any atom is -0.374 e. The van der Waals surface area contributed by atoms with Crippen LogP contribution in [0.3, 0.4) is 0 Å². The van der Waals surface area contributed by atoms with E-state index in [1.54, 1.807) is 0 Å². The Morgan fingerprint density at radius 2 is 2.26 bits per heavy atom. The van der Waals surface area contributed by atoms with Crippen molar-refractivity contribution in [1.82, 2.24) is 14.9 Å². The summed E-state index contributed by atoms with van der Waals surface area (Å²) in [4.78, 5) is 11.2. The molecular weight excluding hydrogens is 240 g/mol. The van der Waals surface area contributed by atoms with Gasteiger partial charge in [0.15, 0.2) is 0 Å². The number of morpholine rings is 1. The molecule has 2 heterocycles. The molecule has 0 bridgehead atoms. The Kier molecular flexibility index (Phi) is 5.10. The molecule has 1 aromatic rings. The molecule has 1 aliphatic rings. The maximum Gasteiger partial charge on any atom is 0.130 e. The zero-order chi connectivity index (χ0) is 13.7. The second-order valence-corrected chi connectivity index (χ2v) is 4.91. The number of hydrogen-bond acceptors (Lipinski definition) is 5. The average Bonchev–Trinajstić information content (AvgIpc) is 2.44. The molecule has 0 amide bonds. The Morgan fingerprint density at radius 1 is 1.42 bits per heavy atom. The summed E-state index contributed by atoms with van der Waals surface area (Å²) < 4.78 is 5.77. The average molecular weight is 264 g/mol. The number of anilines is 1. The van der Waals surface area contributed by atoms with Crippen molar-refractivity contribution in [3.63, 3.8) is 0 Å². The minimum absolute atomic E-state index is 0.244. The number of hydrogen-bond donors (Lipinski definition) is 1. The van der Waals surface area contributed by atoms with E-state index in [0.29, 0.717) is 0 Å². The highest BCUT2D eigenvalue weighted by atomic mass is 16.5. The summed E-state index contributed by atoms with van der Waals surface area (Å²) in [5, 5.41) is 3.37. The number of ether oxygens (including phenoxy) is 1. The Balaban J connectivity index is 1.89. The van der Waals surface area contributed by atoms with E-state index in [9.17, 15) is 0 Å². The van der Waals surface area contributed by atoms with Crippen LogP contribution in [0.1, 0.15) is 25.4 Å². The van der Waals surface area contributed by atoms with Gasteiger partial charge in [0.05, 0.1) is 12.7 Å². The summed E-state index contributed by atoms with van der Waals surface area (Å²) in [6, 6.07) is 2.02. The van der Waals surface area contributed by atoms with Gasteiger partial charge in [-0.05, 0) is 19.9 Å². The molecule has 5 heteroatoms. The predicted octanol–water partition coefficient (Wildman–Crippen LogP) is 1.48.